The minimum absolute atomic E-state index is 0.0427. The molecule has 1 aliphatic heterocycles. The number of fused-ring (bicyclic) bond motifs is 1. The Morgan fingerprint density at radius 3 is 2.39 bits per heavy atom. The highest BCUT2D eigenvalue weighted by molar-refractivity contribution is 7.71. The van der Waals surface area contributed by atoms with Gasteiger partial charge in [0.2, 0.25) is 0 Å². The Morgan fingerprint density at radius 1 is 1.07 bits per heavy atom. The molecule has 3 aromatic rings. The maximum Gasteiger partial charge on any atom is 0.309 e. The first-order valence-corrected chi connectivity index (χ1v) is 10.4. The third kappa shape index (κ3) is 3.62. The van der Waals surface area contributed by atoms with Gasteiger partial charge in [-0.05, 0) is 43.4 Å². The molecule has 0 aliphatic carbocycles. The number of likely N-dealkylation sites (tertiary alicyclic amines) is 1. The number of imidazole rings is 1. The molecule has 0 unspecified atom stereocenters. The summed E-state index contributed by atoms with van der Waals surface area (Å²) in [6.45, 7) is 5.05. The van der Waals surface area contributed by atoms with Gasteiger partial charge in [-0.2, -0.15) is 0 Å². The summed E-state index contributed by atoms with van der Waals surface area (Å²) in [6, 6.07) is 18.6. The van der Waals surface area contributed by atoms with Crippen LogP contribution in [0, 0.1) is 10.7 Å². The van der Waals surface area contributed by atoms with E-state index in [4.69, 9.17) is 17.0 Å². The van der Waals surface area contributed by atoms with Crippen LogP contribution in [-0.2, 0) is 16.2 Å². The van der Waals surface area contributed by atoms with Gasteiger partial charge >= 0.3 is 5.97 Å². The van der Waals surface area contributed by atoms with Crippen molar-refractivity contribution in [2.24, 2.45) is 5.92 Å². The molecule has 2 aromatic carbocycles. The fourth-order valence-corrected chi connectivity index (χ4v) is 4.46. The Hall–Kier alpha value is -2.44. The molecule has 6 heteroatoms. The second-order valence-electron chi connectivity index (χ2n) is 7.30. The average molecular weight is 397 g/mol. The fraction of sp³-hybridized carbons (Fsp3) is 0.364. The second kappa shape index (κ2) is 8.29. The van der Waals surface area contributed by atoms with E-state index in [0.29, 0.717) is 6.61 Å². The van der Waals surface area contributed by atoms with E-state index in [1.165, 1.54) is 4.90 Å². The highest BCUT2D eigenvalue weighted by Crippen LogP contribution is 2.22. The molecule has 0 bridgehead atoms. The van der Waals surface area contributed by atoms with Crippen molar-refractivity contribution in [1.82, 2.24) is 9.13 Å². The minimum atomic E-state index is -0.0427. The van der Waals surface area contributed by atoms with Gasteiger partial charge in [0.1, 0.15) is 0 Å². The Bertz CT molecular complexity index is 1020. The molecule has 146 valence electrons. The average Bonchev–Trinajstić information content (AvgIpc) is 3.01. The number of ether oxygens (including phenoxy) is 1. The van der Waals surface area contributed by atoms with Gasteiger partial charge in [0.15, 0.2) is 11.4 Å². The highest BCUT2D eigenvalue weighted by atomic mass is 32.1. The lowest BCUT2D eigenvalue weighted by molar-refractivity contribution is -0.928. The summed E-state index contributed by atoms with van der Waals surface area (Å²) in [5.74, 6) is 0.00109. The standard InChI is InChI=1S/C22H25N3O2S/c1-2-27-21(26)17-12-14-23(15-13-17)16-24-19-10-6-7-11-20(19)25(22(24)28)18-8-4-3-5-9-18/h3-11,17H,2,12-16H2,1H3/p+1. The number of nitrogens with zero attached hydrogens (tertiary/aromatic N) is 2. The van der Waals surface area contributed by atoms with Gasteiger partial charge in [-0.1, -0.05) is 30.3 Å². The minimum Gasteiger partial charge on any atom is -0.466 e. The molecule has 0 atom stereocenters. The smallest absolute Gasteiger partial charge is 0.309 e. The van der Waals surface area contributed by atoms with E-state index in [9.17, 15) is 4.79 Å². The van der Waals surface area contributed by atoms with Crippen molar-refractivity contribution in [3.05, 3.63) is 59.4 Å². The van der Waals surface area contributed by atoms with E-state index in [1.807, 2.05) is 25.1 Å². The van der Waals surface area contributed by atoms with Crippen LogP contribution in [0.2, 0.25) is 0 Å². The summed E-state index contributed by atoms with van der Waals surface area (Å²) < 4.78 is 10.4. The number of aromatic nitrogens is 2. The molecular formula is C22H26N3O2S+. The molecule has 1 saturated heterocycles. The van der Waals surface area contributed by atoms with Crippen LogP contribution in [0.15, 0.2) is 54.6 Å². The van der Waals surface area contributed by atoms with E-state index >= 15 is 0 Å². The monoisotopic (exact) mass is 396 g/mol. The highest BCUT2D eigenvalue weighted by Gasteiger charge is 2.29. The number of carbonyl (C=O) groups excluding carboxylic acids is 1. The molecule has 28 heavy (non-hydrogen) atoms. The Morgan fingerprint density at radius 2 is 1.71 bits per heavy atom. The van der Waals surface area contributed by atoms with Gasteiger partial charge in [-0.3, -0.25) is 13.9 Å². The third-order valence-electron chi connectivity index (χ3n) is 5.54. The molecule has 1 N–H and O–H groups in total. The van der Waals surface area contributed by atoms with Crippen LogP contribution >= 0.6 is 12.2 Å². The molecule has 1 aliphatic rings. The quantitative estimate of drug-likeness (QED) is 0.532. The van der Waals surface area contributed by atoms with E-state index < -0.39 is 0 Å². The zero-order chi connectivity index (χ0) is 19.5. The predicted molar refractivity (Wildman–Crippen MR) is 112 cm³/mol. The zero-order valence-electron chi connectivity index (χ0n) is 16.1. The molecule has 0 radical (unpaired) electrons. The third-order valence-corrected chi connectivity index (χ3v) is 5.95. The summed E-state index contributed by atoms with van der Waals surface area (Å²) in [4.78, 5) is 13.4. The number of rotatable bonds is 5. The van der Waals surface area contributed by atoms with Gasteiger partial charge in [0.25, 0.3) is 0 Å². The van der Waals surface area contributed by atoms with Gasteiger partial charge in [0, 0.05) is 18.5 Å². The van der Waals surface area contributed by atoms with Crippen LogP contribution in [0.1, 0.15) is 19.8 Å². The van der Waals surface area contributed by atoms with Crippen LogP contribution in [0.3, 0.4) is 0 Å². The topological polar surface area (TPSA) is 40.6 Å². The van der Waals surface area contributed by atoms with Gasteiger partial charge in [-0.15, -0.1) is 0 Å². The Kier molecular flexibility index (Phi) is 5.59. The number of para-hydroxylation sites is 3. The summed E-state index contributed by atoms with van der Waals surface area (Å²) in [5.41, 5.74) is 3.36. The van der Waals surface area contributed by atoms with E-state index in [0.717, 1.165) is 54.1 Å². The van der Waals surface area contributed by atoms with Crippen molar-refractivity contribution in [3.63, 3.8) is 0 Å². The fourth-order valence-electron chi connectivity index (χ4n) is 4.09. The molecule has 5 nitrogen and oxygen atoms in total. The SMILES string of the molecule is CCOC(=O)C1CC[NH+](Cn2c(=S)n(-c3ccccc3)c3ccccc32)CC1. The predicted octanol–water partition coefficient (Wildman–Crippen LogP) is 2.98. The van der Waals surface area contributed by atoms with Crippen molar-refractivity contribution >= 4 is 29.2 Å². The van der Waals surface area contributed by atoms with Crippen molar-refractivity contribution in [2.45, 2.75) is 26.4 Å². The summed E-state index contributed by atoms with van der Waals surface area (Å²) in [7, 11) is 0. The number of esters is 1. The summed E-state index contributed by atoms with van der Waals surface area (Å²) in [6.07, 6.45) is 1.75. The van der Waals surface area contributed by atoms with Crippen LogP contribution in [-0.4, -0.2) is 34.8 Å². The maximum atomic E-state index is 12.0. The zero-order valence-corrected chi connectivity index (χ0v) is 17.0. The Balaban J connectivity index is 1.60. The Labute approximate surface area is 170 Å². The van der Waals surface area contributed by atoms with Crippen LogP contribution in [0.5, 0.6) is 0 Å². The lowest BCUT2D eigenvalue weighted by Gasteiger charge is -2.28. The van der Waals surface area contributed by atoms with Crippen LogP contribution < -0.4 is 4.90 Å². The number of hydrogen-bond donors (Lipinski definition) is 1. The molecule has 0 saturated carbocycles. The van der Waals surface area contributed by atoms with Gasteiger partial charge < -0.3 is 9.64 Å². The molecule has 0 amide bonds. The largest absolute Gasteiger partial charge is 0.466 e. The van der Waals surface area contributed by atoms with Gasteiger partial charge in [0.05, 0.1) is 36.6 Å². The normalized spacial score (nSPS) is 19.6. The number of piperidine rings is 1. The maximum absolute atomic E-state index is 12.0. The molecule has 1 fully saturated rings. The molecule has 1 aromatic heterocycles. The summed E-state index contributed by atoms with van der Waals surface area (Å²) >= 11 is 5.88. The van der Waals surface area contributed by atoms with Crippen molar-refractivity contribution in [1.29, 1.82) is 0 Å². The number of nitrogens with one attached hydrogen (secondary N) is 1. The number of carbonyl (C=O) groups is 1. The van der Waals surface area contributed by atoms with E-state index in [2.05, 4.69) is 45.5 Å². The summed E-state index contributed by atoms with van der Waals surface area (Å²) in [5, 5.41) is 0. The van der Waals surface area contributed by atoms with E-state index in [-0.39, 0.29) is 11.9 Å². The molecule has 4 rings (SSSR count). The first-order chi connectivity index (χ1) is 13.7. The van der Waals surface area contributed by atoms with Crippen molar-refractivity contribution in [3.8, 4) is 5.69 Å². The van der Waals surface area contributed by atoms with Crippen molar-refractivity contribution in [2.75, 3.05) is 19.7 Å². The first-order valence-electron chi connectivity index (χ1n) is 9.95. The van der Waals surface area contributed by atoms with E-state index in [1.54, 1.807) is 0 Å². The first kappa shape index (κ1) is 18.9. The number of hydrogen-bond acceptors (Lipinski definition) is 3. The lowest BCUT2D eigenvalue weighted by Crippen LogP contribution is -3.12. The van der Waals surface area contributed by atoms with Crippen LogP contribution in [0.25, 0.3) is 16.7 Å². The molecule has 2 heterocycles. The van der Waals surface area contributed by atoms with Crippen LogP contribution in [0.4, 0.5) is 0 Å². The molecule has 0 spiro atoms. The number of benzene rings is 2. The second-order valence-corrected chi connectivity index (χ2v) is 7.67. The lowest BCUT2D eigenvalue weighted by atomic mass is 9.97. The van der Waals surface area contributed by atoms with Crippen molar-refractivity contribution < 1.29 is 14.4 Å². The number of quaternary nitrogens is 1. The molecular weight excluding hydrogens is 370 g/mol. The van der Waals surface area contributed by atoms with Gasteiger partial charge in [-0.25, -0.2) is 0 Å².